The fraction of sp³-hybridized carbons (Fsp3) is 0.429. The number of hydrogen-bond donors (Lipinski definition) is 0. The summed E-state index contributed by atoms with van der Waals surface area (Å²) in [6.07, 6.45) is 0. The largest absolute Gasteiger partial charge is 0.496 e. The Balaban J connectivity index is 1.66. The molecule has 1 aliphatic heterocycles. The van der Waals surface area contributed by atoms with Crippen LogP contribution in [0, 0.1) is 0 Å². The maximum absolute atomic E-state index is 5.79. The lowest BCUT2D eigenvalue weighted by Crippen LogP contribution is -2.46. The number of nitrogens with zero attached hydrogens (tertiary/aromatic N) is 2. The number of halogens is 1. The number of benzene rings is 2. The predicted octanol–water partition coefficient (Wildman–Crippen LogP) is 4.19. The highest BCUT2D eigenvalue weighted by Crippen LogP contribution is 2.34. The van der Waals surface area contributed by atoms with Crippen molar-refractivity contribution in [3.05, 3.63) is 46.4 Å². The summed E-state index contributed by atoms with van der Waals surface area (Å²) in [5.41, 5.74) is 2.34. The third-order valence-electron chi connectivity index (χ3n) is 4.83. The van der Waals surface area contributed by atoms with E-state index in [1.54, 1.807) is 14.2 Å². The zero-order chi connectivity index (χ0) is 19.2. The van der Waals surface area contributed by atoms with Crippen molar-refractivity contribution >= 4 is 21.6 Å². The van der Waals surface area contributed by atoms with E-state index in [2.05, 4.69) is 43.9 Å². The van der Waals surface area contributed by atoms with E-state index in [0.29, 0.717) is 6.61 Å². The van der Waals surface area contributed by atoms with Crippen LogP contribution in [0.1, 0.15) is 12.5 Å². The van der Waals surface area contributed by atoms with Crippen LogP contribution >= 0.6 is 15.9 Å². The van der Waals surface area contributed by atoms with Gasteiger partial charge < -0.3 is 19.1 Å². The standard InChI is InChI=1S/C21H27BrN2O3/c1-4-27-19-8-6-5-7-18(19)24-11-9-23(10-12-24)15-16-13-17(22)21(26-3)14-20(16)25-2/h5-8,13-14H,4,9-12,15H2,1-3H3. The molecule has 0 radical (unpaired) electrons. The van der Waals surface area contributed by atoms with E-state index in [1.165, 1.54) is 5.69 Å². The lowest BCUT2D eigenvalue weighted by Gasteiger charge is -2.37. The Labute approximate surface area is 169 Å². The first kappa shape index (κ1) is 19.8. The van der Waals surface area contributed by atoms with Gasteiger partial charge in [-0.2, -0.15) is 0 Å². The number of rotatable bonds is 7. The minimum absolute atomic E-state index is 0.684. The molecule has 1 fully saturated rings. The summed E-state index contributed by atoms with van der Waals surface area (Å²) in [4.78, 5) is 4.86. The minimum atomic E-state index is 0.684. The number of ether oxygens (including phenoxy) is 3. The zero-order valence-corrected chi connectivity index (χ0v) is 17.8. The second-order valence-electron chi connectivity index (χ2n) is 6.46. The van der Waals surface area contributed by atoms with Crippen molar-refractivity contribution in [2.45, 2.75) is 13.5 Å². The van der Waals surface area contributed by atoms with Gasteiger partial charge in [0.15, 0.2) is 0 Å². The topological polar surface area (TPSA) is 34.2 Å². The maximum atomic E-state index is 5.79. The summed E-state index contributed by atoms with van der Waals surface area (Å²) >= 11 is 3.58. The Morgan fingerprint density at radius 3 is 2.30 bits per heavy atom. The highest BCUT2D eigenvalue weighted by Gasteiger charge is 2.21. The number of piperazine rings is 1. The zero-order valence-electron chi connectivity index (χ0n) is 16.2. The molecule has 0 amide bonds. The van der Waals surface area contributed by atoms with E-state index in [-0.39, 0.29) is 0 Å². The van der Waals surface area contributed by atoms with Crippen molar-refractivity contribution in [1.29, 1.82) is 0 Å². The van der Waals surface area contributed by atoms with Gasteiger partial charge in [0.05, 0.1) is 31.0 Å². The van der Waals surface area contributed by atoms with Gasteiger partial charge in [-0.15, -0.1) is 0 Å². The molecule has 0 N–H and O–H groups in total. The smallest absolute Gasteiger partial charge is 0.142 e. The summed E-state index contributed by atoms with van der Waals surface area (Å²) in [5, 5.41) is 0. The Morgan fingerprint density at radius 2 is 1.63 bits per heavy atom. The average molecular weight is 435 g/mol. The summed E-state index contributed by atoms with van der Waals surface area (Å²) in [5.74, 6) is 2.61. The molecule has 1 aliphatic rings. The van der Waals surface area contributed by atoms with Gasteiger partial charge in [0.25, 0.3) is 0 Å². The summed E-state index contributed by atoms with van der Waals surface area (Å²) < 4.78 is 17.7. The molecule has 1 saturated heterocycles. The molecule has 0 saturated carbocycles. The molecular weight excluding hydrogens is 408 g/mol. The van der Waals surface area contributed by atoms with Gasteiger partial charge >= 0.3 is 0 Å². The molecular formula is C21H27BrN2O3. The van der Waals surface area contributed by atoms with E-state index in [9.17, 15) is 0 Å². The molecule has 0 unspecified atom stereocenters. The molecule has 27 heavy (non-hydrogen) atoms. The van der Waals surface area contributed by atoms with Crippen molar-refractivity contribution in [2.75, 3.05) is 51.9 Å². The monoisotopic (exact) mass is 434 g/mol. The van der Waals surface area contributed by atoms with E-state index < -0.39 is 0 Å². The molecule has 1 heterocycles. The Kier molecular flexibility index (Phi) is 6.85. The van der Waals surface area contributed by atoms with E-state index >= 15 is 0 Å². The van der Waals surface area contributed by atoms with Crippen LogP contribution in [-0.2, 0) is 6.54 Å². The van der Waals surface area contributed by atoms with Crippen LogP contribution in [0.4, 0.5) is 5.69 Å². The van der Waals surface area contributed by atoms with Crippen LogP contribution in [-0.4, -0.2) is 51.9 Å². The van der Waals surface area contributed by atoms with Gasteiger partial charge in [0.2, 0.25) is 0 Å². The van der Waals surface area contributed by atoms with Gasteiger partial charge in [-0.1, -0.05) is 12.1 Å². The molecule has 0 aliphatic carbocycles. The van der Waals surface area contributed by atoms with Crippen molar-refractivity contribution in [3.8, 4) is 17.2 Å². The van der Waals surface area contributed by atoms with E-state index in [1.807, 2.05) is 25.1 Å². The highest BCUT2D eigenvalue weighted by atomic mass is 79.9. The van der Waals surface area contributed by atoms with Crippen molar-refractivity contribution < 1.29 is 14.2 Å². The van der Waals surface area contributed by atoms with Crippen LogP contribution < -0.4 is 19.1 Å². The molecule has 3 rings (SSSR count). The first-order chi connectivity index (χ1) is 13.2. The quantitative estimate of drug-likeness (QED) is 0.652. The lowest BCUT2D eigenvalue weighted by atomic mass is 10.1. The van der Waals surface area contributed by atoms with Gasteiger partial charge in [0, 0.05) is 44.4 Å². The maximum Gasteiger partial charge on any atom is 0.142 e. The highest BCUT2D eigenvalue weighted by molar-refractivity contribution is 9.10. The summed E-state index contributed by atoms with van der Waals surface area (Å²) in [7, 11) is 3.37. The first-order valence-electron chi connectivity index (χ1n) is 9.25. The minimum Gasteiger partial charge on any atom is -0.496 e. The normalized spacial score (nSPS) is 14.9. The number of anilines is 1. The fourth-order valence-corrected chi connectivity index (χ4v) is 3.98. The number of methoxy groups -OCH3 is 2. The van der Waals surface area contributed by atoms with Crippen LogP contribution in [0.3, 0.4) is 0 Å². The van der Waals surface area contributed by atoms with Crippen LogP contribution in [0.5, 0.6) is 17.2 Å². The van der Waals surface area contributed by atoms with Gasteiger partial charge in [0.1, 0.15) is 17.2 Å². The van der Waals surface area contributed by atoms with Crippen molar-refractivity contribution in [3.63, 3.8) is 0 Å². The van der Waals surface area contributed by atoms with Gasteiger partial charge in [-0.3, -0.25) is 4.90 Å². The SMILES string of the molecule is CCOc1ccccc1N1CCN(Cc2cc(Br)c(OC)cc2OC)CC1. The second-order valence-corrected chi connectivity index (χ2v) is 7.32. The molecule has 0 spiro atoms. The average Bonchev–Trinajstić information content (AvgIpc) is 2.70. The lowest BCUT2D eigenvalue weighted by molar-refractivity contribution is 0.244. The molecule has 5 nitrogen and oxygen atoms in total. The molecule has 6 heteroatoms. The Hall–Kier alpha value is -1.92. The second kappa shape index (κ2) is 9.33. The first-order valence-corrected chi connectivity index (χ1v) is 10.0. The molecule has 2 aromatic carbocycles. The van der Waals surface area contributed by atoms with Gasteiger partial charge in [-0.25, -0.2) is 0 Å². The Morgan fingerprint density at radius 1 is 0.926 bits per heavy atom. The molecule has 2 aromatic rings. The van der Waals surface area contributed by atoms with Gasteiger partial charge in [-0.05, 0) is 41.1 Å². The predicted molar refractivity (Wildman–Crippen MR) is 112 cm³/mol. The summed E-state index contributed by atoms with van der Waals surface area (Å²) in [6.45, 7) is 7.50. The van der Waals surface area contributed by atoms with E-state index in [4.69, 9.17) is 14.2 Å². The van der Waals surface area contributed by atoms with E-state index in [0.717, 1.165) is 60.0 Å². The van der Waals surface area contributed by atoms with Crippen LogP contribution in [0.25, 0.3) is 0 Å². The third-order valence-corrected chi connectivity index (χ3v) is 5.45. The van der Waals surface area contributed by atoms with Crippen molar-refractivity contribution in [2.24, 2.45) is 0 Å². The molecule has 0 atom stereocenters. The number of para-hydroxylation sites is 2. The third kappa shape index (κ3) is 4.68. The number of hydrogen-bond acceptors (Lipinski definition) is 5. The molecule has 0 aromatic heterocycles. The van der Waals surface area contributed by atoms with Crippen LogP contribution in [0.15, 0.2) is 40.9 Å². The Bertz CT molecular complexity index is 761. The van der Waals surface area contributed by atoms with Crippen LogP contribution in [0.2, 0.25) is 0 Å². The van der Waals surface area contributed by atoms with Crippen molar-refractivity contribution in [1.82, 2.24) is 4.90 Å². The fourth-order valence-electron chi connectivity index (χ4n) is 3.43. The molecule has 0 bridgehead atoms. The molecule has 146 valence electrons. The summed E-state index contributed by atoms with van der Waals surface area (Å²) in [6, 6.07) is 12.3.